The summed E-state index contributed by atoms with van der Waals surface area (Å²) < 4.78 is 12.5. The van der Waals surface area contributed by atoms with Crippen LogP contribution < -0.4 is 5.32 Å². The SMILES string of the molecule is [CH2-][NH2+]C(C)Cc1ccc(F)cc1. The highest BCUT2D eigenvalue weighted by atomic mass is 19.1. The van der Waals surface area contributed by atoms with E-state index in [9.17, 15) is 4.39 Å². The van der Waals surface area contributed by atoms with Crippen LogP contribution in [-0.2, 0) is 6.42 Å². The van der Waals surface area contributed by atoms with E-state index >= 15 is 0 Å². The lowest BCUT2D eigenvalue weighted by molar-refractivity contribution is -0.629. The molecule has 12 heavy (non-hydrogen) atoms. The Balaban J connectivity index is 2.58. The molecule has 1 atom stereocenters. The quantitative estimate of drug-likeness (QED) is 0.649. The van der Waals surface area contributed by atoms with E-state index in [1.807, 2.05) is 17.4 Å². The van der Waals surface area contributed by atoms with Crippen LogP contribution in [0.4, 0.5) is 4.39 Å². The topological polar surface area (TPSA) is 16.6 Å². The Bertz CT molecular complexity index is 230. The summed E-state index contributed by atoms with van der Waals surface area (Å²) >= 11 is 0. The molecule has 0 spiro atoms. The molecule has 0 fully saturated rings. The van der Waals surface area contributed by atoms with Crippen LogP contribution >= 0.6 is 0 Å². The van der Waals surface area contributed by atoms with E-state index in [1.165, 1.54) is 12.1 Å². The van der Waals surface area contributed by atoms with Crippen molar-refractivity contribution in [2.75, 3.05) is 0 Å². The van der Waals surface area contributed by atoms with Crippen molar-refractivity contribution in [3.05, 3.63) is 42.7 Å². The Labute approximate surface area is 72.6 Å². The third-order valence-corrected chi connectivity index (χ3v) is 1.87. The minimum atomic E-state index is -0.176. The molecule has 0 aliphatic heterocycles. The Morgan fingerprint density at radius 1 is 1.42 bits per heavy atom. The van der Waals surface area contributed by atoms with Gasteiger partial charge in [0.15, 0.2) is 0 Å². The van der Waals surface area contributed by atoms with Crippen molar-refractivity contribution in [1.29, 1.82) is 0 Å². The van der Waals surface area contributed by atoms with Gasteiger partial charge in [-0.1, -0.05) is 12.1 Å². The Morgan fingerprint density at radius 3 is 2.50 bits per heavy atom. The molecular formula is C10H14FN. The second-order valence-corrected chi connectivity index (χ2v) is 3.04. The summed E-state index contributed by atoms with van der Waals surface area (Å²) in [5, 5.41) is 1.91. The van der Waals surface area contributed by atoms with Crippen LogP contribution in [0.3, 0.4) is 0 Å². The summed E-state index contributed by atoms with van der Waals surface area (Å²) in [4.78, 5) is 0. The van der Waals surface area contributed by atoms with Crippen molar-refractivity contribution < 1.29 is 9.71 Å². The standard InChI is InChI=1S/C10H14FN/c1-8(12-2)7-9-3-5-10(11)6-4-9/h3-6,8H,2,7,12H2,1H3. The average molecular weight is 167 g/mol. The second-order valence-electron chi connectivity index (χ2n) is 3.04. The first-order chi connectivity index (χ1) is 5.72. The van der Waals surface area contributed by atoms with Gasteiger partial charge in [0.05, 0.1) is 6.04 Å². The molecular weight excluding hydrogens is 153 g/mol. The Morgan fingerprint density at radius 2 is 2.00 bits per heavy atom. The summed E-state index contributed by atoms with van der Waals surface area (Å²) in [6.45, 7) is 2.09. The van der Waals surface area contributed by atoms with Crippen molar-refractivity contribution in [2.24, 2.45) is 0 Å². The number of nitrogens with two attached hydrogens (primary N) is 1. The highest BCUT2D eigenvalue weighted by molar-refractivity contribution is 5.16. The van der Waals surface area contributed by atoms with Crippen molar-refractivity contribution in [3.63, 3.8) is 0 Å². The fraction of sp³-hybridized carbons (Fsp3) is 0.300. The number of halogens is 1. The molecule has 1 unspecified atom stereocenters. The third kappa shape index (κ3) is 2.62. The summed E-state index contributed by atoms with van der Waals surface area (Å²) in [6, 6.07) is 7.07. The second kappa shape index (κ2) is 4.21. The van der Waals surface area contributed by atoms with Crippen LogP contribution in [0.5, 0.6) is 0 Å². The smallest absolute Gasteiger partial charge is 0.123 e. The average Bonchev–Trinajstić information content (AvgIpc) is 2.09. The summed E-state index contributed by atoms with van der Waals surface area (Å²) in [7, 11) is 3.70. The van der Waals surface area contributed by atoms with Gasteiger partial charge in [-0.05, 0) is 24.6 Å². The lowest BCUT2D eigenvalue weighted by atomic mass is 10.1. The number of rotatable bonds is 3. The van der Waals surface area contributed by atoms with Crippen LogP contribution in [0.2, 0.25) is 0 Å². The number of hydrogen-bond acceptors (Lipinski definition) is 0. The highest BCUT2D eigenvalue weighted by Crippen LogP contribution is 2.03. The zero-order chi connectivity index (χ0) is 8.97. The summed E-state index contributed by atoms with van der Waals surface area (Å²) in [6.07, 6.45) is 0.934. The van der Waals surface area contributed by atoms with Gasteiger partial charge in [0, 0.05) is 6.42 Å². The number of benzene rings is 1. The van der Waals surface area contributed by atoms with Gasteiger partial charge in [0.1, 0.15) is 5.82 Å². The third-order valence-electron chi connectivity index (χ3n) is 1.87. The lowest BCUT2D eigenvalue weighted by Gasteiger charge is -2.10. The van der Waals surface area contributed by atoms with E-state index in [2.05, 4.69) is 14.0 Å². The Kier molecular flexibility index (Phi) is 3.23. The minimum absolute atomic E-state index is 0.176. The zero-order valence-corrected chi connectivity index (χ0v) is 7.26. The molecule has 1 aromatic rings. The molecule has 0 aliphatic carbocycles. The first-order valence-corrected chi connectivity index (χ1v) is 4.09. The molecule has 0 aromatic heterocycles. The van der Waals surface area contributed by atoms with E-state index in [0.29, 0.717) is 6.04 Å². The summed E-state index contributed by atoms with van der Waals surface area (Å²) in [5.74, 6) is -0.176. The molecule has 2 N–H and O–H groups in total. The van der Waals surface area contributed by atoms with Crippen molar-refractivity contribution >= 4 is 0 Å². The molecule has 2 heteroatoms. The molecule has 0 aliphatic rings. The first kappa shape index (κ1) is 9.20. The van der Waals surface area contributed by atoms with Gasteiger partial charge in [0.25, 0.3) is 0 Å². The van der Waals surface area contributed by atoms with Gasteiger partial charge in [-0.15, -0.1) is 0 Å². The van der Waals surface area contributed by atoms with E-state index in [4.69, 9.17) is 0 Å². The van der Waals surface area contributed by atoms with Gasteiger partial charge < -0.3 is 5.32 Å². The normalized spacial score (nSPS) is 12.9. The van der Waals surface area contributed by atoms with E-state index in [-0.39, 0.29) is 5.82 Å². The van der Waals surface area contributed by atoms with Gasteiger partial charge in [0.2, 0.25) is 0 Å². The van der Waals surface area contributed by atoms with E-state index in [1.54, 1.807) is 0 Å². The van der Waals surface area contributed by atoms with Crippen molar-refractivity contribution in [1.82, 2.24) is 0 Å². The van der Waals surface area contributed by atoms with Crippen LogP contribution in [0.15, 0.2) is 24.3 Å². The first-order valence-electron chi connectivity index (χ1n) is 4.09. The Hall–Kier alpha value is -0.890. The zero-order valence-electron chi connectivity index (χ0n) is 7.26. The molecule has 0 saturated carbocycles. The van der Waals surface area contributed by atoms with E-state index < -0.39 is 0 Å². The number of quaternary nitrogens is 1. The molecule has 1 aromatic carbocycles. The molecule has 0 amide bonds. The molecule has 1 nitrogen and oxygen atoms in total. The monoisotopic (exact) mass is 167 g/mol. The molecule has 0 saturated heterocycles. The van der Waals surface area contributed by atoms with Gasteiger partial charge in [-0.3, -0.25) is 0 Å². The van der Waals surface area contributed by atoms with Gasteiger partial charge >= 0.3 is 0 Å². The number of hydrogen-bond donors (Lipinski definition) is 1. The fourth-order valence-corrected chi connectivity index (χ4v) is 1.08. The summed E-state index contributed by atoms with van der Waals surface area (Å²) in [5.41, 5.74) is 1.16. The van der Waals surface area contributed by atoms with E-state index in [0.717, 1.165) is 12.0 Å². The van der Waals surface area contributed by atoms with Crippen molar-refractivity contribution in [2.45, 2.75) is 19.4 Å². The molecule has 66 valence electrons. The van der Waals surface area contributed by atoms with Gasteiger partial charge in [-0.25, -0.2) is 4.39 Å². The molecule has 1 rings (SSSR count). The van der Waals surface area contributed by atoms with Crippen LogP contribution in [0, 0.1) is 12.9 Å². The molecule has 0 radical (unpaired) electrons. The maximum atomic E-state index is 12.5. The predicted octanol–water partition coefficient (Wildman–Crippen LogP) is 1.11. The maximum absolute atomic E-state index is 12.5. The minimum Gasteiger partial charge on any atom is -0.476 e. The van der Waals surface area contributed by atoms with Crippen LogP contribution in [0.25, 0.3) is 0 Å². The van der Waals surface area contributed by atoms with Crippen LogP contribution in [0.1, 0.15) is 12.5 Å². The molecule has 0 heterocycles. The largest absolute Gasteiger partial charge is 0.476 e. The highest BCUT2D eigenvalue weighted by Gasteiger charge is 2.00. The van der Waals surface area contributed by atoms with Gasteiger partial charge in [-0.2, -0.15) is 7.05 Å². The van der Waals surface area contributed by atoms with Crippen molar-refractivity contribution in [3.8, 4) is 0 Å². The maximum Gasteiger partial charge on any atom is 0.123 e. The van der Waals surface area contributed by atoms with Crippen LogP contribution in [-0.4, -0.2) is 6.04 Å². The fourth-order valence-electron chi connectivity index (χ4n) is 1.08. The predicted molar refractivity (Wildman–Crippen MR) is 46.8 cm³/mol. The lowest BCUT2D eigenvalue weighted by Crippen LogP contribution is -2.83. The molecule has 0 bridgehead atoms.